The van der Waals surface area contributed by atoms with Crippen LogP contribution in [-0.4, -0.2) is 15.0 Å². The fourth-order valence-corrected chi connectivity index (χ4v) is 3.62. The first kappa shape index (κ1) is 14.3. The van der Waals surface area contributed by atoms with E-state index in [0.29, 0.717) is 6.54 Å². The maximum atomic E-state index is 12.2. The third-order valence-corrected chi connectivity index (χ3v) is 5.58. The molecule has 1 saturated carbocycles. The molecule has 0 aromatic heterocycles. The molecule has 0 unspecified atom stereocenters. The molecule has 0 aliphatic heterocycles. The standard InChI is InChI=1S/C13H15ClN2O2S/c1-2-13(5-6-13)9-16-19(17,18)12-7-10(8-15)3-4-11(12)14/h3-4,7,16H,2,5-6,9H2,1H3. The molecule has 0 amide bonds. The molecule has 6 heteroatoms. The fourth-order valence-electron chi connectivity index (χ4n) is 1.94. The third kappa shape index (κ3) is 3.08. The number of halogens is 1. The van der Waals surface area contributed by atoms with Gasteiger partial charge in [0.15, 0.2) is 0 Å². The Hall–Kier alpha value is -1.09. The van der Waals surface area contributed by atoms with E-state index in [1.54, 1.807) is 0 Å². The van der Waals surface area contributed by atoms with Crippen LogP contribution in [0.2, 0.25) is 5.02 Å². The maximum Gasteiger partial charge on any atom is 0.242 e. The van der Waals surface area contributed by atoms with E-state index in [-0.39, 0.29) is 20.9 Å². The van der Waals surface area contributed by atoms with Gasteiger partial charge >= 0.3 is 0 Å². The molecule has 2 rings (SSSR count). The number of benzene rings is 1. The minimum atomic E-state index is -3.66. The van der Waals surface area contributed by atoms with Crippen molar-refractivity contribution in [2.75, 3.05) is 6.54 Å². The van der Waals surface area contributed by atoms with Gasteiger partial charge in [-0.15, -0.1) is 0 Å². The first-order chi connectivity index (χ1) is 8.92. The first-order valence-electron chi connectivity index (χ1n) is 6.12. The van der Waals surface area contributed by atoms with Crippen LogP contribution in [0.5, 0.6) is 0 Å². The molecule has 19 heavy (non-hydrogen) atoms. The number of hydrogen-bond acceptors (Lipinski definition) is 3. The zero-order chi connectivity index (χ0) is 14.1. The molecule has 0 saturated heterocycles. The number of rotatable bonds is 5. The second kappa shape index (κ2) is 5.12. The average Bonchev–Trinajstić information content (AvgIpc) is 3.18. The van der Waals surface area contributed by atoms with E-state index in [1.807, 2.05) is 6.07 Å². The van der Waals surface area contributed by atoms with Crippen molar-refractivity contribution < 1.29 is 8.42 Å². The summed E-state index contributed by atoms with van der Waals surface area (Å²) in [5, 5.41) is 8.95. The molecule has 4 nitrogen and oxygen atoms in total. The summed E-state index contributed by atoms with van der Waals surface area (Å²) in [5.74, 6) is 0. The number of nitrogens with one attached hydrogen (secondary N) is 1. The van der Waals surface area contributed by atoms with E-state index in [0.717, 1.165) is 19.3 Å². The van der Waals surface area contributed by atoms with Gasteiger partial charge in [0, 0.05) is 6.54 Å². The van der Waals surface area contributed by atoms with Crippen LogP contribution in [0.4, 0.5) is 0 Å². The maximum absolute atomic E-state index is 12.2. The Balaban J connectivity index is 2.22. The molecule has 1 aliphatic rings. The molecule has 0 bridgehead atoms. The van der Waals surface area contributed by atoms with Crippen LogP contribution >= 0.6 is 11.6 Å². The summed E-state index contributed by atoms with van der Waals surface area (Å²) in [6.45, 7) is 2.49. The van der Waals surface area contributed by atoms with Crippen LogP contribution in [0.1, 0.15) is 31.7 Å². The van der Waals surface area contributed by atoms with Crippen molar-refractivity contribution in [2.45, 2.75) is 31.1 Å². The summed E-state index contributed by atoms with van der Waals surface area (Å²) in [6, 6.07) is 6.14. The zero-order valence-corrected chi connectivity index (χ0v) is 12.2. The molecular formula is C13H15ClN2O2S. The predicted molar refractivity (Wildman–Crippen MR) is 73.3 cm³/mol. The number of sulfonamides is 1. The SMILES string of the molecule is CCC1(CNS(=O)(=O)c2cc(C#N)ccc2Cl)CC1. The van der Waals surface area contributed by atoms with Gasteiger partial charge in [-0.1, -0.05) is 18.5 Å². The molecule has 102 valence electrons. The van der Waals surface area contributed by atoms with Crippen LogP contribution in [0, 0.1) is 16.7 Å². The summed E-state index contributed by atoms with van der Waals surface area (Å²) in [7, 11) is -3.66. The van der Waals surface area contributed by atoms with E-state index >= 15 is 0 Å². The highest BCUT2D eigenvalue weighted by Gasteiger charge is 2.41. The number of hydrogen-bond donors (Lipinski definition) is 1. The van der Waals surface area contributed by atoms with Crippen LogP contribution in [-0.2, 0) is 10.0 Å². The monoisotopic (exact) mass is 298 g/mol. The van der Waals surface area contributed by atoms with Crippen molar-refractivity contribution >= 4 is 21.6 Å². The lowest BCUT2D eigenvalue weighted by Gasteiger charge is -2.14. The molecular weight excluding hydrogens is 284 g/mol. The van der Waals surface area contributed by atoms with Crippen LogP contribution in [0.15, 0.2) is 23.1 Å². The molecule has 0 spiro atoms. The van der Waals surface area contributed by atoms with Crippen molar-refractivity contribution in [3.8, 4) is 6.07 Å². The van der Waals surface area contributed by atoms with Gasteiger partial charge in [0.25, 0.3) is 0 Å². The molecule has 1 aliphatic carbocycles. The summed E-state index contributed by atoms with van der Waals surface area (Å²) in [5.41, 5.74) is 0.397. The molecule has 0 radical (unpaired) electrons. The highest BCUT2D eigenvalue weighted by atomic mass is 35.5. The lowest BCUT2D eigenvalue weighted by Crippen LogP contribution is -2.30. The van der Waals surface area contributed by atoms with Crippen molar-refractivity contribution in [1.29, 1.82) is 5.26 Å². The third-order valence-electron chi connectivity index (χ3n) is 3.69. The van der Waals surface area contributed by atoms with Crippen molar-refractivity contribution in [3.05, 3.63) is 28.8 Å². The summed E-state index contributed by atoms with van der Waals surface area (Å²) >= 11 is 5.91. The zero-order valence-electron chi connectivity index (χ0n) is 10.6. The topological polar surface area (TPSA) is 70.0 Å². The predicted octanol–water partition coefficient (Wildman–Crippen LogP) is 2.68. The van der Waals surface area contributed by atoms with Crippen LogP contribution in [0.25, 0.3) is 0 Å². The highest BCUT2D eigenvalue weighted by molar-refractivity contribution is 7.89. The van der Waals surface area contributed by atoms with Gasteiger partial charge in [0.1, 0.15) is 4.90 Å². The van der Waals surface area contributed by atoms with Gasteiger partial charge in [-0.05, 0) is 42.9 Å². The quantitative estimate of drug-likeness (QED) is 0.908. The fraction of sp³-hybridized carbons (Fsp3) is 0.462. The first-order valence-corrected chi connectivity index (χ1v) is 7.98. The normalized spacial score (nSPS) is 16.9. The van der Waals surface area contributed by atoms with Gasteiger partial charge in [-0.2, -0.15) is 5.26 Å². The van der Waals surface area contributed by atoms with Crippen molar-refractivity contribution in [3.63, 3.8) is 0 Å². The summed E-state index contributed by atoms with van der Waals surface area (Å²) in [6.07, 6.45) is 3.07. The van der Waals surface area contributed by atoms with E-state index in [9.17, 15) is 8.42 Å². The second-order valence-corrected chi connectivity index (χ2v) is 7.08. The summed E-state index contributed by atoms with van der Waals surface area (Å²) in [4.78, 5) is -0.0277. The Morgan fingerprint density at radius 1 is 1.47 bits per heavy atom. The minimum absolute atomic E-state index is 0.0277. The Labute approximate surface area is 118 Å². The number of nitriles is 1. The Kier molecular flexibility index (Phi) is 3.86. The molecule has 0 atom stereocenters. The Morgan fingerprint density at radius 3 is 2.68 bits per heavy atom. The molecule has 1 aromatic carbocycles. The largest absolute Gasteiger partial charge is 0.242 e. The van der Waals surface area contributed by atoms with Gasteiger partial charge in [0.2, 0.25) is 10.0 Å². The van der Waals surface area contributed by atoms with Crippen molar-refractivity contribution in [1.82, 2.24) is 4.72 Å². The Morgan fingerprint density at radius 2 is 2.16 bits per heavy atom. The molecule has 1 aromatic rings. The van der Waals surface area contributed by atoms with E-state index < -0.39 is 10.0 Å². The van der Waals surface area contributed by atoms with Crippen LogP contribution < -0.4 is 4.72 Å². The molecule has 0 heterocycles. The lowest BCUT2D eigenvalue weighted by molar-refractivity contribution is 0.475. The number of nitrogens with zero attached hydrogens (tertiary/aromatic N) is 1. The van der Waals surface area contributed by atoms with Crippen molar-refractivity contribution in [2.24, 2.45) is 5.41 Å². The minimum Gasteiger partial charge on any atom is -0.211 e. The van der Waals surface area contributed by atoms with Crippen LogP contribution in [0.3, 0.4) is 0 Å². The van der Waals surface area contributed by atoms with Gasteiger partial charge in [0.05, 0.1) is 16.7 Å². The van der Waals surface area contributed by atoms with E-state index in [2.05, 4.69) is 11.6 Å². The van der Waals surface area contributed by atoms with Gasteiger partial charge < -0.3 is 0 Å². The average molecular weight is 299 g/mol. The van der Waals surface area contributed by atoms with E-state index in [4.69, 9.17) is 16.9 Å². The van der Waals surface area contributed by atoms with Gasteiger partial charge in [-0.25, -0.2) is 13.1 Å². The smallest absolute Gasteiger partial charge is 0.211 e. The van der Waals surface area contributed by atoms with Gasteiger partial charge in [-0.3, -0.25) is 0 Å². The van der Waals surface area contributed by atoms with E-state index in [1.165, 1.54) is 18.2 Å². The second-order valence-electron chi connectivity index (χ2n) is 4.94. The molecule has 1 fully saturated rings. The molecule has 1 N–H and O–H groups in total. The lowest BCUT2D eigenvalue weighted by atomic mass is 10.1. The Bertz CT molecular complexity index is 631. The summed E-state index contributed by atoms with van der Waals surface area (Å²) < 4.78 is 27.0. The highest BCUT2D eigenvalue weighted by Crippen LogP contribution is 2.48.